The molecule has 0 aromatic carbocycles. The van der Waals surface area contributed by atoms with Crippen molar-refractivity contribution >= 4 is 11.3 Å². The topological polar surface area (TPSA) is 33.1 Å². The molecule has 60 valence electrons. The van der Waals surface area contributed by atoms with Gasteiger partial charge >= 0.3 is 0 Å². The lowest BCUT2D eigenvalue weighted by Crippen LogP contribution is -1.78. The van der Waals surface area contributed by atoms with E-state index in [4.69, 9.17) is 5.11 Å². The number of hydrogen-bond donors (Lipinski definition) is 1. The quantitative estimate of drug-likeness (QED) is 0.726. The molecule has 2 heterocycles. The van der Waals surface area contributed by atoms with Crippen LogP contribution >= 0.6 is 11.3 Å². The Hall–Kier alpha value is -1.35. The molecule has 0 aliphatic rings. The highest BCUT2D eigenvalue weighted by Crippen LogP contribution is 2.23. The Balaban J connectivity index is 2.48. The highest BCUT2D eigenvalue weighted by Gasteiger charge is 1.99. The van der Waals surface area contributed by atoms with E-state index in [-0.39, 0.29) is 5.88 Å². The number of hydrogen-bond acceptors (Lipinski definition) is 3. The van der Waals surface area contributed by atoms with Crippen LogP contribution in [0.2, 0.25) is 0 Å². The zero-order valence-electron chi connectivity index (χ0n) is 6.27. The number of thiophene rings is 1. The molecule has 3 heteroatoms. The summed E-state index contributed by atoms with van der Waals surface area (Å²) in [6.45, 7) is 0. The molecule has 0 aliphatic heterocycles. The van der Waals surface area contributed by atoms with Crippen LogP contribution < -0.4 is 0 Å². The Bertz CT molecular complexity index is 370. The minimum atomic E-state index is 0.0703. The van der Waals surface area contributed by atoms with Gasteiger partial charge < -0.3 is 5.11 Å². The molecule has 2 aromatic rings. The van der Waals surface area contributed by atoms with Gasteiger partial charge in [0.15, 0.2) is 0 Å². The molecule has 2 aromatic heterocycles. The zero-order chi connectivity index (χ0) is 8.39. The lowest BCUT2D eigenvalue weighted by molar-refractivity contribution is 0.454. The maximum absolute atomic E-state index is 9.11. The van der Waals surface area contributed by atoms with Crippen LogP contribution in [0, 0.1) is 0 Å². The summed E-state index contributed by atoms with van der Waals surface area (Å²) in [5.74, 6) is 0.0703. The van der Waals surface area contributed by atoms with Crippen LogP contribution in [0.5, 0.6) is 5.88 Å². The standard InChI is InChI=1S/C9H7NOS/c11-9-5-1-3-7(10-9)8-4-2-6-12-8/h1-6H,(H,10,11). The predicted molar refractivity (Wildman–Crippen MR) is 49.2 cm³/mol. The number of aromatic hydroxyl groups is 1. The van der Waals surface area contributed by atoms with E-state index in [0.29, 0.717) is 0 Å². The van der Waals surface area contributed by atoms with Gasteiger partial charge in [-0.15, -0.1) is 11.3 Å². The zero-order valence-corrected chi connectivity index (χ0v) is 7.08. The van der Waals surface area contributed by atoms with Crippen molar-refractivity contribution < 1.29 is 5.11 Å². The Morgan fingerprint density at radius 2 is 2.08 bits per heavy atom. The van der Waals surface area contributed by atoms with Crippen LogP contribution in [-0.2, 0) is 0 Å². The molecule has 0 spiro atoms. The SMILES string of the molecule is Oc1cccc(-c2cccs2)n1. The number of nitrogens with zero attached hydrogens (tertiary/aromatic N) is 1. The summed E-state index contributed by atoms with van der Waals surface area (Å²) in [6, 6.07) is 9.18. The van der Waals surface area contributed by atoms with Gasteiger partial charge in [0.2, 0.25) is 5.88 Å². The Morgan fingerprint density at radius 1 is 1.17 bits per heavy atom. The summed E-state index contributed by atoms with van der Waals surface area (Å²) < 4.78 is 0. The Kier molecular flexibility index (Phi) is 1.80. The lowest BCUT2D eigenvalue weighted by Gasteiger charge is -1.95. The predicted octanol–water partition coefficient (Wildman–Crippen LogP) is 2.52. The van der Waals surface area contributed by atoms with Crippen LogP contribution in [0.1, 0.15) is 0 Å². The fourth-order valence-electron chi connectivity index (χ4n) is 0.985. The fraction of sp³-hybridized carbons (Fsp3) is 0. The van der Waals surface area contributed by atoms with Crippen molar-refractivity contribution in [1.29, 1.82) is 0 Å². The Labute approximate surface area is 74.1 Å². The largest absolute Gasteiger partial charge is 0.493 e. The first-order chi connectivity index (χ1) is 5.86. The molecule has 0 unspecified atom stereocenters. The van der Waals surface area contributed by atoms with E-state index < -0.39 is 0 Å². The Morgan fingerprint density at radius 3 is 2.75 bits per heavy atom. The van der Waals surface area contributed by atoms with Gasteiger partial charge in [-0.2, -0.15) is 0 Å². The number of rotatable bonds is 1. The van der Waals surface area contributed by atoms with E-state index >= 15 is 0 Å². The molecule has 1 N–H and O–H groups in total. The van der Waals surface area contributed by atoms with E-state index in [1.807, 2.05) is 23.6 Å². The third-order valence-corrected chi connectivity index (χ3v) is 2.40. The molecule has 0 saturated carbocycles. The van der Waals surface area contributed by atoms with Crippen molar-refractivity contribution in [2.24, 2.45) is 0 Å². The van der Waals surface area contributed by atoms with Gasteiger partial charge in [0.1, 0.15) is 0 Å². The molecule has 0 aliphatic carbocycles. The molecule has 0 atom stereocenters. The smallest absolute Gasteiger partial charge is 0.211 e. The molecule has 0 fully saturated rings. The van der Waals surface area contributed by atoms with Crippen molar-refractivity contribution in [2.75, 3.05) is 0 Å². The van der Waals surface area contributed by atoms with Crippen molar-refractivity contribution in [3.05, 3.63) is 35.7 Å². The number of pyridine rings is 1. The van der Waals surface area contributed by atoms with E-state index in [9.17, 15) is 0 Å². The molecule has 2 nitrogen and oxygen atoms in total. The monoisotopic (exact) mass is 177 g/mol. The van der Waals surface area contributed by atoms with E-state index in [1.165, 1.54) is 0 Å². The van der Waals surface area contributed by atoms with E-state index in [2.05, 4.69) is 4.98 Å². The van der Waals surface area contributed by atoms with Crippen LogP contribution in [0.15, 0.2) is 35.7 Å². The van der Waals surface area contributed by atoms with Gasteiger partial charge in [-0.25, -0.2) is 4.98 Å². The summed E-state index contributed by atoms with van der Waals surface area (Å²) in [5.41, 5.74) is 0.824. The first-order valence-corrected chi connectivity index (χ1v) is 4.44. The van der Waals surface area contributed by atoms with E-state index in [0.717, 1.165) is 10.6 Å². The minimum absolute atomic E-state index is 0.0703. The van der Waals surface area contributed by atoms with Crippen LogP contribution in [-0.4, -0.2) is 10.1 Å². The lowest BCUT2D eigenvalue weighted by atomic mass is 10.3. The van der Waals surface area contributed by atoms with E-state index in [1.54, 1.807) is 23.5 Å². The van der Waals surface area contributed by atoms with Gasteiger partial charge in [0.05, 0.1) is 10.6 Å². The van der Waals surface area contributed by atoms with Gasteiger partial charge in [-0.1, -0.05) is 12.1 Å². The molecule has 0 saturated heterocycles. The van der Waals surface area contributed by atoms with Gasteiger partial charge in [0, 0.05) is 6.07 Å². The van der Waals surface area contributed by atoms with Crippen molar-refractivity contribution in [3.63, 3.8) is 0 Å². The number of aromatic nitrogens is 1. The van der Waals surface area contributed by atoms with Crippen LogP contribution in [0.3, 0.4) is 0 Å². The average Bonchev–Trinajstić information content (AvgIpc) is 2.56. The second-order valence-corrected chi connectivity index (χ2v) is 3.31. The highest BCUT2D eigenvalue weighted by molar-refractivity contribution is 7.13. The normalized spacial score (nSPS) is 10.0. The third-order valence-electron chi connectivity index (χ3n) is 1.51. The van der Waals surface area contributed by atoms with Crippen molar-refractivity contribution in [1.82, 2.24) is 4.98 Å². The molecule has 0 amide bonds. The average molecular weight is 177 g/mol. The maximum Gasteiger partial charge on any atom is 0.211 e. The summed E-state index contributed by atoms with van der Waals surface area (Å²) >= 11 is 1.61. The molecular weight excluding hydrogens is 170 g/mol. The van der Waals surface area contributed by atoms with Gasteiger partial charge in [-0.05, 0) is 17.5 Å². The molecule has 0 bridgehead atoms. The summed E-state index contributed by atoms with van der Waals surface area (Å²) in [5, 5.41) is 11.1. The summed E-state index contributed by atoms with van der Waals surface area (Å²) in [6.07, 6.45) is 0. The first kappa shape index (κ1) is 7.31. The summed E-state index contributed by atoms with van der Waals surface area (Å²) in [4.78, 5) is 5.06. The third kappa shape index (κ3) is 1.31. The minimum Gasteiger partial charge on any atom is -0.493 e. The van der Waals surface area contributed by atoms with Crippen LogP contribution in [0.25, 0.3) is 10.6 Å². The second-order valence-electron chi connectivity index (χ2n) is 2.36. The molecule has 12 heavy (non-hydrogen) atoms. The molecule has 0 radical (unpaired) electrons. The maximum atomic E-state index is 9.11. The molecule has 2 rings (SSSR count). The van der Waals surface area contributed by atoms with Crippen molar-refractivity contribution in [3.8, 4) is 16.5 Å². The fourth-order valence-corrected chi connectivity index (χ4v) is 1.68. The molecular formula is C9H7NOS. The van der Waals surface area contributed by atoms with Gasteiger partial charge in [0.25, 0.3) is 0 Å². The highest BCUT2D eigenvalue weighted by atomic mass is 32.1. The van der Waals surface area contributed by atoms with Crippen molar-refractivity contribution in [2.45, 2.75) is 0 Å². The first-order valence-electron chi connectivity index (χ1n) is 3.56. The van der Waals surface area contributed by atoms with Crippen LogP contribution in [0.4, 0.5) is 0 Å². The second kappa shape index (κ2) is 2.95. The van der Waals surface area contributed by atoms with Gasteiger partial charge in [-0.3, -0.25) is 0 Å². The summed E-state index contributed by atoms with van der Waals surface area (Å²) in [7, 11) is 0.